The van der Waals surface area contributed by atoms with Crippen LogP contribution >= 0.6 is 0 Å². The minimum Gasteiger partial charge on any atom is -0.343 e. The Labute approximate surface area is 140 Å². The predicted molar refractivity (Wildman–Crippen MR) is 89.3 cm³/mol. The van der Waals surface area contributed by atoms with Crippen LogP contribution in [0.5, 0.6) is 0 Å². The van der Waals surface area contributed by atoms with Gasteiger partial charge in [0.25, 0.3) is 0 Å². The number of piperidine rings is 1. The molecule has 5 nitrogen and oxygen atoms in total. The van der Waals surface area contributed by atoms with Crippen molar-refractivity contribution in [3.8, 4) is 5.69 Å². The number of halogens is 1. The molecule has 2 amide bonds. The summed E-state index contributed by atoms with van der Waals surface area (Å²) in [4.78, 5) is 25.5. The van der Waals surface area contributed by atoms with Crippen molar-refractivity contribution in [1.29, 1.82) is 0 Å². The molecule has 0 aliphatic carbocycles. The van der Waals surface area contributed by atoms with Crippen molar-refractivity contribution in [1.82, 2.24) is 9.47 Å². The van der Waals surface area contributed by atoms with Crippen molar-refractivity contribution >= 4 is 17.5 Å². The number of likely N-dealkylation sites (tertiary alicyclic amines) is 1. The topological polar surface area (TPSA) is 54.3 Å². The molecule has 1 aromatic heterocycles. The van der Waals surface area contributed by atoms with Crippen LogP contribution in [-0.2, 0) is 9.59 Å². The zero-order valence-corrected chi connectivity index (χ0v) is 13.5. The van der Waals surface area contributed by atoms with Gasteiger partial charge in [0.05, 0.1) is 5.69 Å². The number of rotatable bonds is 3. The van der Waals surface area contributed by atoms with Crippen molar-refractivity contribution in [2.45, 2.75) is 19.8 Å². The van der Waals surface area contributed by atoms with Crippen LogP contribution in [-0.4, -0.2) is 34.4 Å². The zero-order chi connectivity index (χ0) is 17.1. The molecule has 2 aromatic rings. The summed E-state index contributed by atoms with van der Waals surface area (Å²) in [6.45, 7) is 2.67. The van der Waals surface area contributed by atoms with E-state index in [1.54, 1.807) is 17.0 Å². The van der Waals surface area contributed by atoms with E-state index in [9.17, 15) is 14.0 Å². The molecule has 0 saturated carbocycles. The number of aromatic nitrogens is 1. The molecule has 1 aromatic carbocycles. The number of carbonyl (C=O) groups is 2. The summed E-state index contributed by atoms with van der Waals surface area (Å²) in [5.41, 5.74) is 0.961. The van der Waals surface area contributed by atoms with E-state index < -0.39 is 5.82 Å². The zero-order valence-electron chi connectivity index (χ0n) is 13.5. The molecule has 0 bridgehead atoms. The van der Waals surface area contributed by atoms with Crippen LogP contribution in [0.1, 0.15) is 19.8 Å². The molecular weight excluding hydrogens is 309 g/mol. The Morgan fingerprint density at radius 2 is 1.83 bits per heavy atom. The molecule has 1 N–H and O–H groups in total. The molecule has 6 heteroatoms. The third-order valence-corrected chi connectivity index (χ3v) is 4.42. The first kappa shape index (κ1) is 16.2. The monoisotopic (exact) mass is 329 g/mol. The second-order valence-corrected chi connectivity index (χ2v) is 6.02. The molecule has 0 spiro atoms. The number of carbonyl (C=O) groups excluding carboxylic acids is 2. The predicted octanol–water partition coefficient (Wildman–Crippen LogP) is 2.81. The highest BCUT2D eigenvalue weighted by Gasteiger charge is 2.26. The Morgan fingerprint density at radius 1 is 1.17 bits per heavy atom. The smallest absolute Gasteiger partial charge is 0.227 e. The highest BCUT2D eigenvalue weighted by Crippen LogP contribution is 2.23. The van der Waals surface area contributed by atoms with E-state index in [1.165, 1.54) is 13.0 Å². The Hall–Kier alpha value is -2.63. The number of hydrogen-bond acceptors (Lipinski definition) is 2. The average Bonchev–Trinajstić information content (AvgIpc) is 3.11. The molecule has 0 atom stereocenters. The van der Waals surface area contributed by atoms with Crippen molar-refractivity contribution < 1.29 is 14.0 Å². The number of amides is 2. The fraction of sp³-hybridized carbons (Fsp3) is 0.333. The van der Waals surface area contributed by atoms with Crippen LogP contribution in [0, 0.1) is 11.7 Å². The highest BCUT2D eigenvalue weighted by atomic mass is 19.1. The summed E-state index contributed by atoms with van der Waals surface area (Å²) in [6.07, 6.45) is 4.92. The summed E-state index contributed by atoms with van der Waals surface area (Å²) >= 11 is 0. The summed E-state index contributed by atoms with van der Waals surface area (Å²) in [7, 11) is 0. The van der Waals surface area contributed by atoms with Crippen LogP contribution in [0.15, 0.2) is 42.7 Å². The summed E-state index contributed by atoms with van der Waals surface area (Å²) in [5.74, 6) is -0.822. The van der Waals surface area contributed by atoms with Gasteiger partial charge in [-0.3, -0.25) is 9.59 Å². The van der Waals surface area contributed by atoms with E-state index in [4.69, 9.17) is 0 Å². The maximum atomic E-state index is 14.0. The molecule has 3 rings (SSSR count). The van der Waals surface area contributed by atoms with Gasteiger partial charge in [0.15, 0.2) is 0 Å². The van der Waals surface area contributed by atoms with Gasteiger partial charge < -0.3 is 14.8 Å². The number of nitrogens with zero attached hydrogens (tertiary/aromatic N) is 2. The first-order chi connectivity index (χ1) is 11.5. The van der Waals surface area contributed by atoms with E-state index in [2.05, 4.69) is 5.32 Å². The van der Waals surface area contributed by atoms with E-state index in [0.717, 1.165) is 5.69 Å². The molecule has 1 saturated heterocycles. The van der Waals surface area contributed by atoms with Gasteiger partial charge in [-0.2, -0.15) is 0 Å². The molecule has 0 unspecified atom stereocenters. The summed E-state index contributed by atoms with van der Waals surface area (Å²) < 4.78 is 15.9. The van der Waals surface area contributed by atoms with Gasteiger partial charge in [-0.05, 0) is 43.2 Å². The quantitative estimate of drug-likeness (QED) is 0.941. The minimum atomic E-state index is -0.458. The molecule has 2 heterocycles. The Bertz CT molecular complexity index is 735. The van der Waals surface area contributed by atoms with Gasteiger partial charge in [0.2, 0.25) is 11.8 Å². The van der Waals surface area contributed by atoms with Crippen molar-refractivity contribution in [3.05, 3.63) is 48.5 Å². The summed E-state index contributed by atoms with van der Waals surface area (Å²) in [5, 5.41) is 2.70. The van der Waals surface area contributed by atoms with Crippen LogP contribution in [0.4, 0.5) is 10.1 Å². The molecule has 1 aliphatic heterocycles. The maximum absolute atomic E-state index is 14.0. The van der Waals surface area contributed by atoms with Gasteiger partial charge in [-0.15, -0.1) is 0 Å². The minimum absolute atomic E-state index is 0.0272. The van der Waals surface area contributed by atoms with Crippen molar-refractivity contribution in [2.75, 3.05) is 18.4 Å². The van der Waals surface area contributed by atoms with E-state index in [-0.39, 0.29) is 23.4 Å². The first-order valence-electron chi connectivity index (χ1n) is 8.04. The van der Waals surface area contributed by atoms with E-state index in [1.807, 2.05) is 29.1 Å². The maximum Gasteiger partial charge on any atom is 0.227 e. The van der Waals surface area contributed by atoms with E-state index in [0.29, 0.717) is 25.9 Å². The average molecular weight is 329 g/mol. The Balaban J connectivity index is 1.68. The van der Waals surface area contributed by atoms with Crippen molar-refractivity contribution in [3.63, 3.8) is 0 Å². The Morgan fingerprint density at radius 3 is 2.46 bits per heavy atom. The lowest BCUT2D eigenvalue weighted by Gasteiger charge is -2.30. The van der Waals surface area contributed by atoms with Crippen LogP contribution in [0.3, 0.4) is 0 Å². The first-order valence-corrected chi connectivity index (χ1v) is 8.04. The van der Waals surface area contributed by atoms with Gasteiger partial charge >= 0.3 is 0 Å². The van der Waals surface area contributed by atoms with Gasteiger partial charge in [0, 0.05) is 44.0 Å². The fourth-order valence-corrected chi connectivity index (χ4v) is 2.97. The van der Waals surface area contributed by atoms with Crippen molar-refractivity contribution in [2.24, 2.45) is 5.92 Å². The molecule has 24 heavy (non-hydrogen) atoms. The van der Waals surface area contributed by atoms with Gasteiger partial charge in [0.1, 0.15) is 5.82 Å². The molecule has 0 radical (unpaired) electrons. The highest BCUT2D eigenvalue weighted by molar-refractivity contribution is 5.93. The van der Waals surface area contributed by atoms with Gasteiger partial charge in [-0.25, -0.2) is 4.39 Å². The normalized spacial score (nSPS) is 15.3. The number of anilines is 1. The molecule has 1 aliphatic rings. The SMILES string of the molecule is CC(=O)N1CCC(C(=O)Nc2cc(-n3cccc3)ccc2F)CC1. The second kappa shape index (κ2) is 6.86. The standard InChI is InChI=1S/C18H20FN3O2/c1-13(23)21-10-6-14(7-11-21)18(24)20-17-12-15(4-5-16(17)19)22-8-2-3-9-22/h2-5,8-9,12,14H,6-7,10-11H2,1H3,(H,20,24). The molecule has 1 fully saturated rings. The lowest BCUT2D eigenvalue weighted by Crippen LogP contribution is -2.40. The second-order valence-electron chi connectivity index (χ2n) is 6.02. The fourth-order valence-electron chi connectivity index (χ4n) is 2.97. The largest absolute Gasteiger partial charge is 0.343 e. The molecular formula is C18H20FN3O2. The molecule has 126 valence electrons. The number of hydrogen-bond donors (Lipinski definition) is 1. The third-order valence-electron chi connectivity index (χ3n) is 4.42. The number of benzene rings is 1. The van der Waals surface area contributed by atoms with Crippen LogP contribution in [0.25, 0.3) is 5.69 Å². The summed E-state index contributed by atoms with van der Waals surface area (Å²) in [6, 6.07) is 8.40. The van der Waals surface area contributed by atoms with Crippen LogP contribution < -0.4 is 5.32 Å². The number of nitrogens with one attached hydrogen (secondary N) is 1. The Kier molecular flexibility index (Phi) is 4.64. The van der Waals surface area contributed by atoms with E-state index >= 15 is 0 Å². The van der Waals surface area contributed by atoms with Gasteiger partial charge in [-0.1, -0.05) is 0 Å². The lowest BCUT2D eigenvalue weighted by atomic mass is 9.96. The third kappa shape index (κ3) is 3.48. The van der Waals surface area contributed by atoms with Crippen LogP contribution in [0.2, 0.25) is 0 Å². The lowest BCUT2D eigenvalue weighted by molar-refractivity contribution is -0.132.